The molecule has 9 heteroatoms. The number of benzene rings is 3. The molecule has 0 bridgehead atoms. The molecular weight excluding hydrogens is 434 g/mol. The quantitative estimate of drug-likeness (QED) is 0.274. The van der Waals surface area contributed by atoms with Gasteiger partial charge in [0.2, 0.25) is 0 Å². The van der Waals surface area contributed by atoms with Gasteiger partial charge in [-0.25, -0.2) is 4.98 Å². The minimum absolute atomic E-state index is 0.264. The maximum atomic E-state index is 12.9. The first-order chi connectivity index (χ1) is 16.4. The number of ether oxygens (including phenoxy) is 1. The lowest BCUT2D eigenvalue weighted by Crippen LogP contribution is -2.42. The Bertz CT molecular complexity index is 1290. The number of rotatable bonds is 8. The Hall–Kier alpha value is -4.37. The first kappa shape index (κ1) is 22.8. The predicted octanol–water partition coefficient (Wildman–Crippen LogP) is 3.01. The van der Waals surface area contributed by atoms with Crippen LogP contribution in [0.2, 0.25) is 0 Å². The van der Waals surface area contributed by atoms with Gasteiger partial charge >= 0.3 is 0 Å². The highest BCUT2D eigenvalue weighted by Gasteiger charge is 2.29. The van der Waals surface area contributed by atoms with E-state index in [0.717, 1.165) is 0 Å². The Morgan fingerprint density at radius 1 is 1.09 bits per heavy atom. The molecule has 174 valence electrons. The van der Waals surface area contributed by atoms with Gasteiger partial charge in [0.05, 0.1) is 23.7 Å². The van der Waals surface area contributed by atoms with Crippen LogP contribution in [0.15, 0.2) is 72.8 Å². The molecule has 4 aromatic rings. The summed E-state index contributed by atoms with van der Waals surface area (Å²) in [5.41, 5.74) is 8.38. The lowest BCUT2D eigenvalue weighted by molar-refractivity contribution is -0.125. The average molecular weight is 460 g/mol. The zero-order chi connectivity index (χ0) is 24.1. The van der Waals surface area contributed by atoms with E-state index < -0.39 is 24.0 Å². The van der Waals surface area contributed by atoms with E-state index in [1.807, 2.05) is 13.0 Å². The Kier molecular flexibility index (Phi) is 6.74. The molecule has 2 amide bonds. The predicted molar refractivity (Wildman–Crippen MR) is 129 cm³/mol. The van der Waals surface area contributed by atoms with Crippen LogP contribution < -0.4 is 21.1 Å². The van der Waals surface area contributed by atoms with Gasteiger partial charge in [-0.3, -0.25) is 9.59 Å². The second kappa shape index (κ2) is 10.1. The topological polar surface area (TPSA) is 142 Å². The van der Waals surface area contributed by atoms with E-state index in [-0.39, 0.29) is 5.95 Å². The van der Waals surface area contributed by atoms with Crippen LogP contribution in [-0.4, -0.2) is 39.6 Å². The molecule has 34 heavy (non-hydrogen) atoms. The highest BCUT2D eigenvalue weighted by atomic mass is 16.5. The number of aliphatic hydroxyl groups is 1. The van der Waals surface area contributed by atoms with Gasteiger partial charge in [-0.15, -0.1) is 0 Å². The second-order valence-corrected chi connectivity index (χ2v) is 7.61. The van der Waals surface area contributed by atoms with Crippen molar-refractivity contribution in [1.29, 1.82) is 0 Å². The van der Waals surface area contributed by atoms with Crippen LogP contribution in [0.1, 0.15) is 28.9 Å². The lowest BCUT2D eigenvalue weighted by atomic mass is 10.00. The molecule has 2 atom stereocenters. The minimum Gasteiger partial charge on any atom is -0.494 e. The number of H-pyrrole nitrogens is 1. The summed E-state index contributed by atoms with van der Waals surface area (Å²) in [6.45, 7) is 2.39. The van der Waals surface area contributed by atoms with Crippen molar-refractivity contribution in [2.45, 2.75) is 19.1 Å². The molecule has 4 rings (SSSR count). The van der Waals surface area contributed by atoms with Crippen LogP contribution in [0.4, 0.5) is 11.6 Å². The third kappa shape index (κ3) is 5.16. The fourth-order valence-electron chi connectivity index (χ4n) is 3.57. The van der Waals surface area contributed by atoms with Crippen molar-refractivity contribution in [3.8, 4) is 5.75 Å². The monoisotopic (exact) mass is 459 g/mol. The number of fused-ring (bicyclic) bond motifs is 1. The van der Waals surface area contributed by atoms with Gasteiger partial charge in [-0.2, -0.15) is 0 Å². The molecule has 0 spiro atoms. The van der Waals surface area contributed by atoms with Gasteiger partial charge < -0.3 is 31.2 Å². The zero-order valence-corrected chi connectivity index (χ0v) is 18.5. The van der Waals surface area contributed by atoms with Gasteiger partial charge in [-0.1, -0.05) is 30.3 Å². The van der Waals surface area contributed by atoms with Crippen molar-refractivity contribution < 1.29 is 19.4 Å². The molecule has 0 aliphatic carbocycles. The Morgan fingerprint density at radius 2 is 1.82 bits per heavy atom. The summed E-state index contributed by atoms with van der Waals surface area (Å²) in [5.74, 6) is -0.195. The molecule has 3 aromatic carbocycles. The third-order valence-electron chi connectivity index (χ3n) is 5.22. The van der Waals surface area contributed by atoms with Crippen molar-refractivity contribution in [3.05, 3.63) is 83.9 Å². The number of imidazole rings is 1. The number of nitrogens with zero attached hydrogens (tertiary/aromatic N) is 1. The average Bonchev–Trinajstić information content (AvgIpc) is 3.22. The third-order valence-corrected chi connectivity index (χ3v) is 5.22. The van der Waals surface area contributed by atoms with Crippen molar-refractivity contribution in [2.75, 3.05) is 17.7 Å². The van der Waals surface area contributed by atoms with Gasteiger partial charge in [0, 0.05) is 11.3 Å². The number of aliphatic hydroxyl groups excluding tert-OH is 1. The highest BCUT2D eigenvalue weighted by Crippen LogP contribution is 2.22. The fourth-order valence-corrected chi connectivity index (χ4v) is 3.57. The van der Waals surface area contributed by atoms with Crippen molar-refractivity contribution in [3.63, 3.8) is 0 Å². The molecule has 9 nitrogen and oxygen atoms in total. The van der Waals surface area contributed by atoms with Crippen molar-refractivity contribution in [1.82, 2.24) is 15.3 Å². The number of nitrogens with two attached hydrogens (primary N) is 1. The summed E-state index contributed by atoms with van der Waals surface area (Å²) in [6.07, 6.45) is -1.56. The second-order valence-electron chi connectivity index (χ2n) is 7.61. The van der Waals surface area contributed by atoms with E-state index >= 15 is 0 Å². The van der Waals surface area contributed by atoms with Gasteiger partial charge in [0.1, 0.15) is 5.75 Å². The van der Waals surface area contributed by atoms with Gasteiger partial charge in [-0.05, 0) is 55.0 Å². The number of carbonyl (C=O) groups is 2. The molecule has 0 saturated carbocycles. The van der Waals surface area contributed by atoms with Crippen LogP contribution in [0.3, 0.4) is 0 Å². The first-order valence-electron chi connectivity index (χ1n) is 10.8. The van der Waals surface area contributed by atoms with E-state index in [1.165, 1.54) is 0 Å². The summed E-state index contributed by atoms with van der Waals surface area (Å²) >= 11 is 0. The van der Waals surface area contributed by atoms with E-state index in [4.69, 9.17) is 10.5 Å². The number of carbonyl (C=O) groups excluding carboxylic acids is 2. The summed E-state index contributed by atoms with van der Waals surface area (Å²) < 4.78 is 5.41. The van der Waals surface area contributed by atoms with Gasteiger partial charge in [0.15, 0.2) is 12.1 Å². The van der Waals surface area contributed by atoms with E-state index in [2.05, 4.69) is 20.6 Å². The first-order valence-corrected chi connectivity index (χ1v) is 10.8. The number of amides is 2. The normalized spacial score (nSPS) is 12.6. The van der Waals surface area contributed by atoms with Crippen LogP contribution >= 0.6 is 0 Å². The molecule has 0 fully saturated rings. The summed E-state index contributed by atoms with van der Waals surface area (Å²) in [6, 6.07) is 19.5. The number of aromatic amines is 1. The maximum absolute atomic E-state index is 12.9. The molecule has 2 unspecified atom stereocenters. The van der Waals surface area contributed by atoms with Crippen molar-refractivity contribution in [2.24, 2.45) is 0 Å². The SMILES string of the molecule is CCOc1ccc(C(=O)NC(c2ccccc2)C(O)C(=O)Nc2ccc3nc(N)[nH]c3c2)cc1. The van der Waals surface area contributed by atoms with Crippen LogP contribution in [0.25, 0.3) is 11.0 Å². The molecule has 1 heterocycles. The Labute approximate surface area is 196 Å². The number of anilines is 2. The van der Waals surface area contributed by atoms with E-state index in [1.54, 1.807) is 66.7 Å². The maximum Gasteiger partial charge on any atom is 0.255 e. The standard InChI is InChI=1S/C25H25N5O4/c1-2-34-18-11-8-16(9-12-18)23(32)30-21(15-6-4-3-5-7-15)22(31)24(33)27-17-10-13-19-20(14-17)29-25(26)28-19/h3-14,21-22,31H,2H2,1H3,(H,27,33)(H,30,32)(H3,26,28,29). The molecule has 0 aliphatic rings. The smallest absolute Gasteiger partial charge is 0.255 e. The van der Waals surface area contributed by atoms with Crippen LogP contribution in [-0.2, 0) is 4.79 Å². The van der Waals surface area contributed by atoms with E-state index in [9.17, 15) is 14.7 Å². The largest absolute Gasteiger partial charge is 0.494 e. The molecule has 0 aliphatic heterocycles. The number of aromatic nitrogens is 2. The summed E-state index contributed by atoms with van der Waals surface area (Å²) in [4.78, 5) is 32.8. The number of nitrogen functional groups attached to an aromatic ring is 1. The molecule has 0 saturated heterocycles. The molecule has 6 N–H and O–H groups in total. The molecular formula is C25H25N5O4. The minimum atomic E-state index is -1.56. The lowest BCUT2D eigenvalue weighted by Gasteiger charge is -2.24. The summed E-state index contributed by atoms with van der Waals surface area (Å²) in [7, 11) is 0. The molecule has 1 aromatic heterocycles. The number of nitrogens with one attached hydrogen (secondary N) is 3. The molecule has 0 radical (unpaired) electrons. The van der Waals surface area contributed by atoms with E-state index in [0.29, 0.717) is 40.2 Å². The van der Waals surface area contributed by atoms with Crippen LogP contribution in [0, 0.1) is 0 Å². The Balaban J connectivity index is 1.53. The number of hydrogen-bond donors (Lipinski definition) is 5. The number of hydrogen-bond acceptors (Lipinski definition) is 6. The van der Waals surface area contributed by atoms with Crippen LogP contribution in [0.5, 0.6) is 5.75 Å². The van der Waals surface area contributed by atoms with Crippen molar-refractivity contribution >= 4 is 34.5 Å². The Morgan fingerprint density at radius 3 is 2.53 bits per heavy atom. The zero-order valence-electron chi connectivity index (χ0n) is 18.5. The highest BCUT2D eigenvalue weighted by molar-refractivity contribution is 5.98. The van der Waals surface area contributed by atoms with Gasteiger partial charge in [0.25, 0.3) is 11.8 Å². The fraction of sp³-hybridized carbons (Fsp3) is 0.160. The summed E-state index contributed by atoms with van der Waals surface area (Å²) in [5, 5.41) is 16.4.